The zero-order valence-electron chi connectivity index (χ0n) is 16.6. The topological polar surface area (TPSA) is 12.5 Å². The maximum Gasteiger partial charge on any atom is 0.119 e. The number of nitrogens with zero attached hydrogens (tertiary/aromatic N) is 1. The van der Waals surface area contributed by atoms with Crippen LogP contribution in [0.25, 0.3) is 0 Å². The molecule has 0 heterocycles. The van der Waals surface area contributed by atoms with Gasteiger partial charge in [-0.1, -0.05) is 78.7 Å². The molecular weight excluding hydrogens is 342 g/mol. The van der Waals surface area contributed by atoms with Crippen LogP contribution < -0.4 is 4.74 Å². The van der Waals surface area contributed by atoms with Crippen molar-refractivity contribution in [2.45, 2.75) is 11.8 Å². The van der Waals surface area contributed by atoms with Crippen molar-refractivity contribution in [3.8, 4) is 18.1 Å². The van der Waals surface area contributed by atoms with Crippen LogP contribution in [0.1, 0.15) is 28.5 Å². The third kappa shape index (κ3) is 5.03. The summed E-state index contributed by atoms with van der Waals surface area (Å²) in [5.41, 5.74) is 3.57. The Kier molecular flexibility index (Phi) is 6.89. The number of hydrogen-bond acceptors (Lipinski definition) is 2. The van der Waals surface area contributed by atoms with Gasteiger partial charge in [0, 0.05) is 12.5 Å². The first kappa shape index (κ1) is 19.7. The van der Waals surface area contributed by atoms with Crippen LogP contribution in [0.4, 0.5) is 0 Å². The Morgan fingerprint density at radius 3 is 1.86 bits per heavy atom. The monoisotopic (exact) mass is 369 g/mol. The largest absolute Gasteiger partial charge is 0.492 e. The zero-order valence-corrected chi connectivity index (χ0v) is 16.6. The van der Waals surface area contributed by atoms with Crippen LogP contribution in [0.3, 0.4) is 0 Å². The molecule has 2 heteroatoms. The van der Waals surface area contributed by atoms with E-state index in [-0.39, 0.29) is 11.8 Å². The molecule has 28 heavy (non-hydrogen) atoms. The van der Waals surface area contributed by atoms with Crippen LogP contribution >= 0.6 is 0 Å². The van der Waals surface area contributed by atoms with Crippen molar-refractivity contribution in [1.29, 1.82) is 0 Å². The molecule has 0 aromatic heterocycles. The van der Waals surface area contributed by atoms with Gasteiger partial charge in [-0.2, -0.15) is 0 Å². The number of hydrogen-bond donors (Lipinski definition) is 0. The van der Waals surface area contributed by atoms with Gasteiger partial charge >= 0.3 is 0 Å². The molecule has 0 aliphatic rings. The maximum atomic E-state index is 6.02. The summed E-state index contributed by atoms with van der Waals surface area (Å²) in [6.45, 7) is 1.56. The third-order valence-corrected chi connectivity index (χ3v) is 4.88. The predicted molar refractivity (Wildman–Crippen MR) is 117 cm³/mol. The highest BCUT2D eigenvalue weighted by Gasteiger charge is 2.25. The molecule has 0 amide bonds. The number of likely N-dealkylation sites (N-methyl/N-ethyl adjacent to an activating group) is 1. The minimum Gasteiger partial charge on any atom is -0.492 e. The summed E-state index contributed by atoms with van der Waals surface area (Å²) in [4.78, 5) is 2.11. The molecule has 142 valence electrons. The van der Waals surface area contributed by atoms with E-state index in [0.29, 0.717) is 6.61 Å². The van der Waals surface area contributed by atoms with Crippen LogP contribution in [0.5, 0.6) is 5.75 Å². The molecule has 2 atom stereocenters. The van der Waals surface area contributed by atoms with Crippen LogP contribution in [0.15, 0.2) is 84.9 Å². The van der Waals surface area contributed by atoms with Gasteiger partial charge in [-0.15, -0.1) is 6.42 Å². The third-order valence-electron chi connectivity index (χ3n) is 4.88. The van der Waals surface area contributed by atoms with E-state index in [9.17, 15) is 0 Å². The minimum absolute atomic E-state index is 0.0379. The van der Waals surface area contributed by atoms with Crippen molar-refractivity contribution < 1.29 is 4.74 Å². The van der Waals surface area contributed by atoms with Gasteiger partial charge in [-0.25, -0.2) is 0 Å². The second kappa shape index (κ2) is 9.78. The van der Waals surface area contributed by atoms with E-state index in [2.05, 4.69) is 59.4 Å². The molecule has 2 nitrogen and oxygen atoms in total. The fourth-order valence-electron chi connectivity index (χ4n) is 3.40. The van der Waals surface area contributed by atoms with Gasteiger partial charge in [0.05, 0.1) is 5.92 Å². The van der Waals surface area contributed by atoms with Crippen LogP contribution in [-0.2, 0) is 0 Å². The standard InChI is InChI=1S/C26H27NO/c1-4-25(21-11-7-5-8-12-21)26(22-13-9-6-10-14-22)23-15-17-24(18-16-23)28-20-19-27(2)3/h1,5-18,25-26H,19-20H2,2-3H3. The molecule has 0 radical (unpaired) electrons. The van der Waals surface area contributed by atoms with Gasteiger partial charge in [0.25, 0.3) is 0 Å². The normalized spacial score (nSPS) is 12.9. The summed E-state index contributed by atoms with van der Waals surface area (Å²) in [6.07, 6.45) is 6.02. The van der Waals surface area contributed by atoms with Crippen LogP contribution in [0.2, 0.25) is 0 Å². The van der Waals surface area contributed by atoms with Crippen LogP contribution in [-0.4, -0.2) is 32.1 Å². The molecule has 3 aromatic carbocycles. The Hall–Kier alpha value is -3.02. The van der Waals surface area contributed by atoms with Gasteiger partial charge in [0.15, 0.2) is 0 Å². The highest BCUT2D eigenvalue weighted by atomic mass is 16.5. The number of benzene rings is 3. The Balaban J connectivity index is 1.91. The van der Waals surface area contributed by atoms with Gasteiger partial charge in [-0.05, 0) is 42.9 Å². The van der Waals surface area contributed by atoms with E-state index < -0.39 is 0 Å². The van der Waals surface area contributed by atoms with Gasteiger partial charge in [0.2, 0.25) is 0 Å². The van der Waals surface area contributed by atoms with E-state index in [0.717, 1.165) is 17.9 Å². The molecular formula is C26H27NO. The van der Waals surface area contributed by atoms with E-state index in [1.54, 1.807) is 0 Å². The molecule has 0 fully saturated rings. The number of ether oxygens (including phenoxy) is 1. The quantitative estimate of drug-likeness (QED) is 0.508. The van der Waals surface area contributed by atoms with Crippen molar-refractivity contribution in [3.63, 3.8) is 0 Å². The van der Waals surface area contributed by atoms with Crippen molar-refractivity contribution in [2.75, 3.05) is 27.2 Å². The van der Waals surface area contributed by atoms with E-state index in [4.69, 9.17) is 11.2 Å². The summed E-state index contributed by atoms with van der Waals surface area (Å²) >= 11 is 0. The summed E-state index contributed by atoms with van der Waals surface area (Å²) in [6, 6.07) is 29.2. The Bertz CT molecular complexity index is 879. The smallest absolute Gasteiger partial charge is 0.119 e. The first-order valence-corrected chi connectivity index (χ1v) is 9.62. The van der Waals surface area contributed by atoms with Gasteiger partial charge in [0.1, 0.15) is 12.4 Å². The predicted octanol–water partition coefficient (Wildman–Crippen LogP) is 5.18. The molecule has 0 saturated heterocycles. The fraction of sp³-hybridized carbons (Fsp3) is 0.231. The second-order valence-electron chi connectivity index (χ2n) is 7.16. The Morgan fingerprint density at radius 1 is 0.786 bits per heavy atom. The average Bonchev–Trinajstić information content (AvgIpc) is 2.73. The highest BCUT2D eigenvalue weighted by Crippen LogP contribution is 2.38. The summed E-state index contributed by atoms with van der Waals surface area (Å²) in [5.74, 6) is 3.97. The molecule has 0 aliphatic carbocycles. The highest BCUT2D eigenvalue weighted by molar-refractivity contribution is 5.43. The lowest BCUT2D eigenvalue weighted by atomic mass is 9.77. The van der Waals surface area contributed by atoms with Crippen molar-refractivity contribution >= 4 is 0 Å². The summed E-state index contributed by atoms with van der Waals surface area (Å²) in [5, 5.41) is 0. The summed E-state index contributed by atoms with van der Waals surface area (Å²) < 4.78 is 5.85. The van der Waals surface area contributed by atoms with Gasteiger partial charge in [-0.3, -0.25) is 0 Å². The first-order valence-electron chi connectivity index (χ1n) is 9.62. The lowest BCUT2D eigenvalue weighted by Gasteiger charge is -2.25. The zero-order chi connectivity index (χ0) is 19.8. The SMILES string of the molecule is C#CC(c1ccccc1)C(c1ccccc1)c1ccc(OCCN(C)C)cc1. The molecule has 0 saturated carbocycles. The summed E-state index contributed by atoms with van der Waals surface area (Å²) in [7, 11) is 4.08. The Labute approximate surface area is 168 Å². The average molecular weight is 370 g/mol. The first-order chi connectivity index (χ1) is 13.7. The molecule has 2 unspecified atom stereocenters. The Morgan fingerprint density at radius 2 is 1.32 bits per heavy atom. The van der Waals surface area contributed by atoms with Crippen molar-refractivity contribution in [1.82, 2.24) is 4.90 Å². The molecule has 0 N–H and O–H groups in total. The molecule has 3 aromatic rings. The lowest BCUT2D eigenvalue weighted by molar-refractivity contribution is 0.261. The van der Waals surface area contributed by atoms with E-state index >= 15 is 0 Å². The molecule has 0 bridgehead atoms. The number of rotatable bonds is 8. The maximum absolute atomic E-state index is 6.02. The van der Waals surface area contributed by atoms with Crippen molar-refractivity contribution in [2.24, 2.45) is 0 Å². The molecule has 0 aliphatic heterocycles. The number of terminal acetylenes is 1. The fourth-order valence-corrected chi connectivity index (χ4v) is 3.40. The second-order valence-corrected chi connectivity index (χ2v) is 7.16. The lowest BCUT2D eigenvalue weighted by Crippen LogP contribution is -2.19. The molecule has 3 rings (SSSR count). The van der Waals surface area contributed by atoms with Crippen molar-refractivity contribution in [3.05, 3.63) is 102 Å². The molecule has 0 spiro atoms. The van der Waals surface area contributed by atoms with Crippen LogP contribution in [0, 0.1) is 12.3 Å². The van der Waals surface area contributed by atoms with E-state index in [1.165, 1.54) is 11.1 Å². The minimum atomic E-state index is -0.0379. The van der Waals surface area contributed by atoms with Gasteiger partial charge < -0.3 is 9.64 Å². The van der Waals surface area contributed by atoms with E-state index in [1.807, 2.05) is 50.5 Å².